The van der Waals surface area contributed by atoms with Gasteiger partial charge in [0.15, 0.2) is 0 Å². The SMILES string of the molecule is O=C(O)CCC1CC(O)C(O)CO1. The average Bonchev–Trinajstić information content (AvgIpc) is 2.07. The molecule has 1 saturated heterocycles. The Labute approximate surface area is 75.9 Å². The van der Waals surface area contributed by atoms with Crippen molar-refractivity contribution in [1.29, 1.82) is 0 Å². The van der Waals surface area contributed by atoms with E-state index in [2.05, 4.69) is 0 Å². The van der Waals surface area contributed by atoms with Crippen LogP contribution in [-0.2, 0) is 9.53 Å². The molecule has 3 atom stereocenters. The van der Waals surface area contributed by atoms with E-state index >= 15 is 0 Å². The van der Waals surface area contributed by atoms with E-state index in [1.807, 2.05) is 0 Å². The van der Waals surface area contributed by atoms with Gasteiger partial charge in [0.2, 0.25) is 0 Å². The van der Waals surface area contributed by atoms with Crippen LogP contribution in [-0.4, -0.2) is 46.2 Å². The van der Waals surface area contributed by atoms with Gasteiger partial charge in [0.05, 0.1) is 18.8 Å². The fourth-order valence-electron chi connectivity index (χ4n) is 1.33. The van der Waals surface area contributed by atoms with Gasteiger partial charge in [-0.2, -0.15) is 0 Å². The highest BCUT2D eigenvalue weighted by atomic mass is 16.5. The summed E-state index contributed by atoms with van der Waals surface area (Å²) in [5.41, 5.74) is 0. The van der Waals surface area contributed by atoms with Crippen LogP contribution in [0.25, 0.3) is 0 Å². The zero-order valence-electron chi connectivity index (χ0n) is 7.22. The Balaban J connectivity index is 2.25. The highest BCUT2D eigenvalue weighted by molar-refractivity contribution is 5.66. The lowest BCUT2D eigenvalue weighted by Gasteiger charge is -2.30. The first-order valence-electron chi connectivity index (χ1n) is 4.29. The second-order valence-corrected chi connectivity index (χ2v) is 3.26. The van der Waals surface area contributed by atoms with Crippen molar-refractivity contribution in [2.75, 3.05) is 6.61 Å². The lowest BCUT2D eigenvalue weighted by Crippen LogP contribution is -2.41. The van der Waals surface area contributed by atoms with Gasteiger partial charge < -0.3 is 20.1 Å². The van der Waals surface area contributed by atoms with Crippen LogP contribution in [0.2, 0.25) is 0 Å². The molecule has 1 heterocycles. The molecule has 76 valence electrons. The molecule has 5 heteroatoms. The fraction of sp³-hybridized carbons (Fsp3) is 0.875. The number of carboxylic acids is 1. The van der Waals surface area contributed by atoms with Gasteiger partial charge in [-0.05, 0) is 6.42 Å². The number of aliphatic hydroxyl groups excluding tert-OH is 2. The van der Waals surface area contributed by atoms with Crippen molar-refractivity contribution in [3.8, 4) is 0 Å². The molecule has 3 N–H and O–H groups in total. The van der Waals surface area contributed by atoms with E-state index in [1.165, 1.54) is 0 Å². The van der Waals surface area contributed by atoms with Gasteiger partial charge in [-0.1, -0.05) is 0 Å². The molecule has 0 aliphatic carbocycles. The Morgan fingerprint density at radius 2 is 2.08 bits per heavy atom. The second-order valence-electron chi connectivity index (χ2n) is 3.26. The van der Waals surface area contributed by atoms with Gasteiger partial charge in [-0.25, -0.2) is 0 Å². The van der Waals surface area contributed by atoms with Gasteiger partial charge in [0, 0.05) is 12.8 Å². The lowest BCUT2D eigenvalue weighted by atomic mass is 10.0. The van der Waals surface area contributed by atoms with E-state index in [1.54, 1.807) is 0 Å². The number of carboxylic acid groups (broad SMARTS) is 1. The number of rotatable bonds is 3. The standard InChI is InChI=1S/C8H14O5/c9-6-3-5(1-2-8(11)12)13-4-7(6)10/h5-7,9-10H,1-4H2,(H,11,12). The molecule has 1 aliphatic rings. The summed E-state index contributed by atoms with van der Waals surface area (Å²) in [6.45, 7) is 0.0887. The van der Waals surface area contributed by atoms with Crippen molar-refractivity contribution in [2.45, 2.75) is 37.6 Å². The summed E-state index contributed by atoms with van der Waals surface area (Å²) in [5, 5.41) is 26.7. The van der Waals surface area contributed by atoms with Gasteiger partial charge in [0.1, 0.15) is 6.10 Å². The van der Waals surface area contributed by atoms with Crippen molar-refractivity contribution in [2.24, 2.45) is 0 Å². The highest BCUT2D eigenvalue weighted by Gasteiger charge is 2.28. The highest BCUT2D eigenvalue weighted by Crippen LogP contribution is 2.18. The number of aliphatic carboxylic acids is 1. The third kappa shape index (κ3) is 3.30. The maximum Gasteiger partial charge on any atom is 0.303 e. The number of ether oxygens (including phenoxy) is 1. The van der Waals surface area contributed by atoms with E-state index in [0.717, 1.165) is 0 Å². The molecular weight excluding hydrogens is 176 g/mol. The molecule has 13 heavy (non-hydrogen) atoms. The third-order valence-corrected chi connectivity index (χ3v) is 2.13. The molecule has 3 unspecified atom stereocenters. The van der Waals surface area contributed by atoms with E-state index in [0.29, 0.717) is 12.8 Å². The minimum absolute atomic E-state index is 0.0352. The minimum atomic E-state index is -0.871. The van der Waals surface area contributed by atoms with Crippen LogP contribution < -0.4 is 0 Å². The Morgan fingerprint density at radius 1 is 1.38 bits per heavy atom. The smallest absolute Gasteiger partial charge is 0.303 e. The molecule has 0 aromatic rings. The van der Waals surface area contributed by atoms with Crippen LogP contribution in [0.15, 0.2) is 0 Å². The normalized spacial score (nSPS) is 34.5. The summed E-state index contributed by atoms with van der Waals surface area (Å²) >= 11 is 0. The molecule has 5 nitrogen and oxygen atoms in total. The van der Waals surface area contributed by atoms with Crippen molar-refractivity contribution in [3.63, 3.8) is 0 Å². The Hall–Kier alpha value is -0.650. The average molecular weight is 190 g/mol. The van der Waals surface area contributed by atoms with Gasteiger partial charge >= 0.3 is 5.97 Å². The van der Waals surface area contributed by atoms with Gasteiger partial charge in [-0.15, -0.1) is 0 Å². The van der Waals surface area contributed by atoms with Crippen LogP contribution in [0.4, 0.5) is 0 Å². The first-order valence-corrected chi connectivity index (χ1v) is 4.29. The Kier molecular flexibility index (Phi) is 3.65. The molecule has 0 amide bonds. The summed E-state index contributed by atoms with van der Waals surface area (Å²) < 4.78 is 5.14. The number of carbonyl (C=O) groups is 1. The van der Waals surface area contributed by atoms with E-state index < -0.39 is 18.2 Å². The molecule has 1 rings (SSSR count). The van der Waals surface area contributed by atoms with E-state index in [4.69, 9.17) is 14.9 Å². The maximum absolute atomic E-state index is 10.2. The predicted molar refractivity (Wildman–Crippen MR) is 43.2 cm³/mol. The first kappa shape index (κ1) is 10.4. The Morgan fingerprint density at radius 3 is 2.62 bits per heavy atom. The van der Waals surface area contributed by atoms with Crippen LogP contribution >= 0.6 is 0 Å². The van der Waals surface area contributed by atoms with Gasteiger partial charge in [0.25, 0.3) is 0 Å². The quantitative estimate of drug-likeness (QED) is 0.551. The van der Waals surface area contributed by atoms with Crippen molar-refractivity contribution in [1.82, 2.24) is 0 Å². The number of hydrogen-bond acceptors (Lipinski definition) is 4. The first-order chi connectivity index (χ1) is 6.09. The lowest BCUT2D eigenvalue weighted by molar-refractivity contribution is -0.141. The van der Waals surface area contributed by atoms with Crippen molar-refractivity contribution < 1.29 is 24.9 Å². The molecule has 0 bridgehead atoms. The molecular formula is C8H14O5. The van der Waals surface area contributed by atoms with Crippen molar-refractivity contribution >= 4 is 5.97 Å². The predicted octanol–water partition coefficient (Wildman–Crippen LogP) is -0.638. The maximum atomic E-state index is 10.2. The van der Waals surface area contributed by atoms with Gasteiger partial charge in [-0.3, -0.25) is 4.79 Å². The third-order valence-electron chi connectivity index (χ3n) is 2.13. The molecule has 1 aliphatic heterocycles. The zero-order chi connectivity index (χ0) is 9.84. The largest absolute Gasteiger partial charge is 0.481 e. The topological polar surface area (TPSA) is 87.0 Å². The van der Waals surface area contributed by atoms with E-state index in [9.17, 15) is 9.90 Å². The Bertz CT molecular complexity index is 181. The molecule has 0 spiro atoms. The van der Waals surface area contributed by atoms with Crippen LogP contribution in [0.5, 0.6) is 0 Å². The second kappa shape index (κ2) is 4.55. The molecule has 0 saturated carbocycles. The summed E-state index contributed by atoms with van der Waals surface area (Å²) in [6.07, 6.45) is -1.12. The molecule has 1 fully saturated rings. The minimum Gasteiger partial charge on any atom is -0.481 e. The zero-order valence-corrected chi connectivity index (χ0v) is 7.22. The number of hydrogen-bond donors (Lipinski definition) is 3. The fourth-order valence-corrected chi connectivity index (χ4v) is 1.33. The molecule has 0 aromatic carbocycles. The van der Waals surface area contributed by atoms with Crippen LogP contribution in [0, 0.1) is 0 Å². The summed E-state index contributed by atoms with van der Waals surface area (Å²) in [5.74, 6) is -0.871. The molecule has 0 aromatic heterocycles. The number of aliphatic hydroxyl groups is 2. The van der Waals surface area contributed by atoms with Crippen LogP contribution in [0.1, 0.15) is 19.3 Å². The van der Waals surface area contributed by atoms with Crippen LogP contribution in [0.3, 0.4) is 0 Å². The van der Waals surface area contributed by atoms with E-state index in [-0.39, 0.29) is 19.1 Å². The molecule has 0 radical (unpaired) electrons. The monoisotopic (exact) mass is 190 g/mol. The van der Waals surface area contributed by atoms with Crippen molar-refractivity contribution in [3.05, 3.63) is 0 Å². The summed E-state index contributed by atoms with van der Waals surface area (Å²) in [7, 11) is 0. The summed E-state index contributed by atoms with van der Waals surface area (Å²) in [4.78, 5) is 10.2. The summed E-state index contributed by atoms with van der Waals surface area (Å²) in [6, 6.07) is 0.